The zero-order valence-corrected chi connectivity index (χ0v) is 58.1. The predicted molar refractivity (Wildman–Crippen MR) is 440 cm³/mol. The topological polar surface area (TPSA) is 41.2 Å². The Morgan fingerprint density at radius 2 is 1.05 bits per heavy atom. The van der Waals surface area contributed by atoms with Gasteiger partial charge in [-0.15, -0.1) is 11.3 Å². The van der Waals surface area contributed by atoms with Crippen molar-refractivity contribution in [3.05, 3.63) is 354 Å². The Hall–Kier alpha value is -12.7. The summed E-state index contributed by atoms with van der Waals surface area (Å²) in [6.07, 6.45) is 0. The number of para-hydroxylation sites is 2. The number of anilines is 3. The van der Waals surface area contributed by atoms with Crippen LogP contribution in [0.15, 0.2) is 319 Å². The molecule has 1 spiro atoms. The fraction of sp³-hybridized carbons (Fsp3) is 0.0515. The SMILES string of the molecule is [2H]c1c([2H])c([2H])c2c(c1[2H])c1c([2H])c(C#N)c([2H])c([2H])c1n2-c1ccc2c(c1)N(c1c(-c3ccccc3)cc(C(C)(C)C)cc1-c1ccccc1)c1cc(-n3c4c([2H])c([2H])c([2H])c([2H])c4c4c([2H])c([N+]#[C-])c([2H])c([2H])c43)cc3c1B2c1ccc2sc4ccc(-c5cccc6c5-c5ccccc5C65c6ccccc6-c6ccccc65)cc4c2c1S3. The van der Waals surface area contributed by atoms with Crippen LogP contribution in [0.5, 0.6) is 0 Å². The normalized spacial score (nSPS) is 15.3. The Bertz CT molecular complexity index is 7760. The molecule has 0 fully saturated rings. The lowest BCUT2D eigenvalue weighted by Gasteiger charge is -2.42. The summed E-state index contributed by atoms with van der Waals surface area (Å²) in [5, 5.41) is 12.2. The molecule has 0 radical (unpaired) electrons. The van der Waals surface area contributed by atoms with Crippen LogP contribution in [-0.2, 0) is 10.8 Å². The van der Waals surface area contributed by atoms with Crippen molar-refractivity contribution in [2.45, 2.75) is 41.4 Å². The zero-order chi connectivity index (χ0) is 81.9. The van der Waals surface area contributed by atoms with E-state index < -0.39 is 113 Å². The van der Waals surface area contributed by atoms with Gasteiger partial charge in [-0.05, 0) is 191 Å². The molecule has 2 aliphatic heterocycles. The van der Waals surface area contributed by atoms with Crippen LogP contribution in [0.25, 0.3) is 136 Å². The van der Waals surface area contributed by atoms with Crippen molar-refractivity contribution < 1.29 is 19.2 Å². The van der Waals surface area contributed by atoms with Crippen LogP contribution >= 0.6 is 23.1 Å². The van der Waals surface area contributed by atoms with E-state index >= 15 is 0 Å². The van der Waals surface area contributed by atoms with Crippen LogP contribution in [0, 0.1) is 17.9 Å². The van der Waals surface area contributed by atoms with E-state index in [0.29, 0.717) is 22.0 Å². The van der Waals surface area contributed by atoms with Crippen LogP contribution in [0.1, 0.15) is 73.3 Å². The van der Waals surface area contributed by atoms with Gasteiger partial charge in [-0.25, -0.2) is 4.85 Å². The van der Waals surface area contributed by atoms with E-state index in [0.717, 1.165) is 91.5 Å². The second-order valence-corrected chi connectivity index (χ2v) is 30.6. The molecule has 0 bridgehead atoms. The van der Waals surface area contributed by atoms with Gasteiger partial charge in [0.05, 0.1) is 67.8 Å². The standard InChI is InChI=1S/C97H60BN5S2/c1-96(2,3)61-50-71(58-22-7-5-8-23-58)94(72(51-61)59-24-9-6-10-25-59)103-86-53-63(101-82-36-19-14-28-68(82)73-48-57(56-99)38-44-84(73)101)41-42-80(86)98-81-43-47-89-92(95(81)105-90-55-64(54-87(103)93(90)98)102-83-37-20-15-29-69(83)74-52-62(100-4)40-45-85(74)102)75-49-60(39-46-88(75)104-89)65-31-21-35-79-91(65)70-30-13-18-34-78(70)97(79)76-32-16-11-26-66(76)67-27-12-17-33-77(67)97/h5-55H,1-3H3/i14D,15D,19D,20D,28D,29D,36D,37D,38D,40D,44D,45D,48D,52D. The van der Waals surface area contributed by atoms with Gasteiger partial charge in [0.15, 0.2) is 5.69 Å². The third-order valence-corrected chi connectivity index (χ3v) is 24.4. The third-order valence-electron chi connectivity index (χ3n) is 22.1. The molecule has 0 atom stereocenters. The van der Waals surface area contributed by atoms with E-state index in [1.54, 1.807) is 27.7 Å². The molecule has 8 heteroatoms. The first-order chi connectivity index (χ1) is 57.5. The van der Waals surface area contributed by atoms with Crippen LogP contribution < -0.4 is 21.3 Å². The van der Waals surface area contributed by atoms with Gasteiger partial charge in [0.25, 0.3) is 0 Å². The van der Waals surface area contributed by atoms with E-state index in [1.807, 2.05) is 72.8 Å². The van der Waals surface area contributed by atoms with Crippen LogP contribution in [-0.4, -0.2) is 15.8 Å². The zero-order valence-electron chi connectivity index (χ0n) is 70.5. The minimum absolute atomic E-state index is 0.0841. The maximum absolute atomic E-state index is 10.6. The van der Waals surface area contributed by atoms with Crippen molar-refractivity contribution in [2.75, 3.05) is 4.90 Å². The maximum atomic E-state index is 10.6. The first-order valence-corrected chi connectivity index (χ1v) is 36.5. The van der Waals surface area contributed by atoms with Crippen LogP contribution in [0.3, 0.4) is 0 Å². The Kier molecular flexibility index (Phi) is 10.0. The molecule has 18 aromatic rings. The molecule has 0 saturated heterocycles. The molecule has 0 unspecified atom stereocenters. The minimum atomic E-state index is -0.687. The molecule has 4 aliphatic rings. The molecule has 2 aliphatic carbocycles. The molecule has 22 rings (SSSR count). The second-order valence-electron chi connectivity index (χ2n) is 28.4. The molecule has 5 heterocycles. The Morgan fingerprint density at radius 1 is 0.476 bits per heavy atom. The fourth-order valence-corrected chi connectivity index (χ4v) is 20.2. The van der Waals surface area contributed by atoms with E-state index in [-0.39, 0.29) is 55.0 Å². The van der Waals surface area contributed by atoms with E-state index in [4.69, 9.17) is 7.94 Å². The summed E-state index contributed by atoms with van der Waals surface area (Å²) in [6.45, 7) is 14.1. The van der Waals surface area contributed by atoms with Crippen LogP contribution in [0.2, 0.25) is 0 Å². The number of nitriles is 1. The smallest absolute Gasteiger partial charge is 0.249 e. The van der Waals surface area contributed by atoms with Gasteiger partial charge in [0.2, 0.25) is 6.71 Å². The fourth-order valence-electron chi connectivity index (χ4n) is 17.7. The summed E-state index contributed by atoms with van der Waals surface area (Å²) in [7, 11) is 0. The number of nitrogens with zero attached hydrogens (tertiary/aromatic N) is 5. The van der Waals surface area contributed by atoms with E-state index in [9.17, 15) is 23.1 Å². The number of rotatable bonds is 6. The van der Waals surface area contributed by atoms with Gasteiger partial charge < -0.3 is 14.0 Å². The first-order valence-electron chi connectivity index (χ1n) is 41.9. The predicted octanol–water partition coefficient (Wildman–Crippen LogP) is 24.1. The van der Waals surface area contributed by atoms with Crippen molar-refractivity contribution in [3.63, 3.8) is 0 Å². The van der Waals surface area contributed by atoms with Crippen LogP contribution in [0.4, 0.5) is 22.7 Å². The minimum Gasteiger partial charge on any atom is -0.310 e. The summed E-state index contributed by atoms with van der Waals surface area (Å²) < 4.78 is 140. The molecule has 0 saturated carbocycles. The number of aromatic nitrogens is 2. The van der Waals surface area contributed by atoms with Crippen molar-refractivity contribution >= 4 is 133 Å². The third kappa shape index (κ3) is 8.35. The van der Waals surface area contributed by atoms with Gasteiger partial charge in [0, 0.05) is 82.7 Å². The van der Waals surface area contributed by atoms with E-state index in [1.165, 1.54) is 37.9 Å². The lowest BCUT2D eigenvalue weighted by molar-refractivity contribution is 0.591. The Morgan fingerprint density at radius 3 is 1.72 bits per heavy atom. The Labute approximate surface area is 636 Å². The molecular formula is C97H60BN5S2. The van der Waals surface area contributed by atoms with Gasteiger partial charge in [-0.2, -0.15) is 5.26 Å². The van der Waals surface area contributed by atoms with Crippen molar-refractivity contribution in [3.8, 4) is 73.1 Å². The maximum Gasteiger partial charge on any atom is 0.249 e. The number of hydrogen-bond acceptors (Lipinski definition) is 4. The lowest BCUT2D eigenvalue weighted by Crippen LogP contribution is -2.60. The summed E-state index contributed by atoms with van der Waals surface area (Å²) in [5.41, 5.74) is 18.4. The first kappa shape index (κ1) is 47.5. The summed E-state index contributed by atoms with van der Waals surface area (Å²) >= 11 is 3.24. The molecule has 488 valence electrons. The van der Waals surface area contributed by atoms with Gasteiger partial charge in [-0.1, -0.05) is 250 Å². The average Bonchev–Trinajstić information content (AvgIpc) is 1.32. The highest BCUT2D eigenvalue weighted by atomic mass is 32.2. The molecule has 0 amide bonds. The number of fused-ring (bicyclic) bond motifs is 24. The molecule has 105 heavy (non-hydrogen) atoms. The number of benzene rings is 15. The second kappa shape index (κ2) is 22.2. The number of hydrogen-bond donors (Lipinski definition) is 0. The summed E-state index contributed by atoms with van der Waals surface area (Å²) in [4.78, 5) is 7.42. The van der Waals surface area contributed by atoms with Crippen molar-refractivity contribution in [1.82, 2.24) is 9.13 Å². The molecular weight excluding hydrogens is 1310 g/mol. The Balaban J connectivity index is 0.892. The molecule has 5 nitrogen and oxygen atoms in total. The van der Waals surface area contributed by atoms with Gasteiger partial charge in [0.1, 0.15) is 0 Å². The largest absolute Gasteiger partial charge is 0.310 e. The summed E-state index contributed by atoms with van der Waals surface area (Å²) in [6, 6.07) is 73.1. The quantitative estimate of drug-likeness (QED) is 0.123. The van der Waals surface area contributed by atoms with Gasteiger partial charge in [-0.3, -0.25) is 0 Å². The van der Waals surface area contributed by atoms with Gasteiger partial charge >= 0.3 is 0 Å². The highest BCUT2D eigenvalue weighted by Gasteiger charge is 2.52. The highest BCUT2D eigenvalue weighted by Crippen LogP contribution is 2.64. The molecule has 3 aromatic heterocycles. The van der Waals surface area contributed by atoms with E-state index in [2.05, 4.69) is 188 Å². The van der Waals surface area contributed by atoms with Crippen molar-refractivity contribution in [1.29, 1.82) is 5.26 Å². The molecule has 15 aromatic carbocycles. The molecule has 0 N–H and O–H groups in total. The lowest BCUT2D eigenvalue weighted by atomic mass is 9.34. The monoisotopic (exact) mass is 1380 g/mol. The van der Waals surface area contributed by atoms with Crippen molar-refractivity contribution in [2.24, 2.45) is 0 Å². The summed E-state index contributed by atoms with van der Waals surface area (Å²) in [5.74, 6) is 0. The average molecular weight is 1380 g/mol. The number of thiophene rings is 1. The highest BCUT2D eigenvalue weighted by molar-refractivity contribution is 8.00.